The minimum Gasteiger partial charge on any atom is -0.370 e. The second kappa shape index (κ2) is 6.21. The quantitative estimate of drug-likeness (QED) is 0.717. The standard InChI is InChI=1S/C12H24N2O2/c1-3-10(2)14-11(15)8-16-9-12(13)6-4-5-7-12/h10H,3-9,13H2,1-2H3,(H,14,15). The first-order valence-electron chi connectivity index (χ1n) is 6.22. The van der Waals surface area contributed by atoms with E-state index in [1.165, 1.54) is 12.8 Å². The van der Waals surface area contributed by atoms with Crippen LogP contribution in [0.15, 0.2) is 0 Å². The van der Waals surface area contributed by atoms with Crippen molar-refractivity contribution in [1.82, 2.24) is 5.32 Å². The summed E-state index contributed by atoms with van der Waals surface area (Å²) in [5.41, 5.74) is 5.93. The number of nitrogens with two attached hydrogens (primary N) is 1. The van der Waals surface area contributed by atoms with Gasteiger partial charge in [-0.3, -0.25) is 4.79 Å². The summed E-state index contributed by atoms with van der Waals surface area (Å²) < 4.78 is 5.39. The van der Waals surface area contributed by atoms with E-state index in [1.807, 2.05) is 13.8 Å². The maximum Gasteiger partial charge on any atom is 0.246 e. The van der Waals surface area contributed by atoms with Gasteiger partial charge in [0.1, 0.15) is 6.61 Å². The van der Waals surface area contributed by atoms with Crippen LogP contribution in [0.1, 0.15) is 46.0 Å². The van der Waals surface area contributed by atoms with Gasteiger partial charge < -0.3 is 15.8 Å². The summed E-state index contributed by atoms with van der Waals surface area (Å²) in [7, 11) is 0. The zero-order valence-electron chi connectivity index (χ0n) is 10.4. The number of carbonyl (C=O) groups excluding carboxylic acids is 1. The Hall–Kier alpha value is -0.610. The molecule has 1 amide bonds. The van der Waals surface area contributed by atoms with Gasteiger partial charge in [0, 0.05) is 11.6 Å². The van der Waals surface area contributed by atoms with E-state index in [-0.39, 0.29) is 24.1 Å². The molecule has 1 rings (SSSR count). The summed E-state index contributed by atoms with van der Waals surface area (Å²) in [5, 5.41) is 2.86. The van der Waals surface area contributed by atoms with Crippen molar-refractivity contribution < 1.29 is 9.53 Å². The van der Waals surface area contributed by atoms with Gasteiger partial charge in [-0.15, -0.1) is 0 Å². The van der Waals surface area contributed by atoms with E-state index in [9.17, 15) is 4.79 Å². The maximum absolute atomic E-state index is 11.4. The SMILES string of the molecule is CCC(C)NC(=O)COCC1(N)CCCC1. The number of hydrogen-bond donors (Lipinski definition) is 2. The molecule has 94 valence electrons. The van der Waals surface area contributed by atoms with Crippen LogP contribution in [-0.4, -0.2) is 30.7 Å². The molecule has 16 heavy (non-hydrogen) atoms. The molecule has 0 spiro atoms. The van der Waals surface area contributed by atoms with Crippen molar-refractivity contribution in [3.05, 3.63) is 0 Å². The van der Waals surface area contributed by atoms with E-state index >= 15 is 0 Å². The summed E-state index contributed by atoms with van der Waals surface area (Å²) >= 11 is 0. The first-order chi connectivity index (χ1) is 7.56. The predicted octanol–water partition coefficient (Wildman–Crippen LogP) is 1.19. The van der Waals surface area contributed by atoms with Crippen LogP contribution in [0.2, 0.25) is 0 Å². The smallest absolute Gasteiger partial charge is 0.246 e. The fourth-order valence-corrected chi connectivity index (χ4v) is 1.99. The van der Waals surface area contributed by atoms with Gasteiger partial charge in [-0.05, 0) is 26.2 Å². The van der Waals surface area contributed by atoms with Gasteiger partial charge in [0.25, 0.3) is 0 Å². The van der Waals surface area contributed by atoms with Crippen molar-refractivity contribution in [2.75, 3.05) is 13.2 Å². The van der Waals surface area contributed by atoms with E-state index in [4.69, 9.17) is 10.5 Å². The van der Waals surface area contributed by atoms with Gasteiger partial charge in [0.2, 0.25) is 5.91 Å². The number of carbonyl (C=O) groups is 1. The molecule has 0 saturated heterocycles. The Morgan fingerprint density at radius 3 is 2.69 bits per heavy atom. The summed E-state index contributed by atoms with van der Waals surface area (Å²) in [6.07, 6.45) is 5.32. The molecular formula is C12H24N2O2. The molecule has 1 saturated carbocycles. The Morgan fingerprint density at radius 1 is 1.50 bits per heavy atom. The van der Waals surface area contributed by atoms with E-state index in [1.54, 1.807) is 0 Å². The molecule has 1 unspecified atom stereocenters. The van der Waals surface area contributed by atoms with Gasteiger partial charge in [-0.2, -0.15) is 0 Å². The molecule has 3 N–H and O–H groups in total. The molecule has 0 bridgehead atoms. The second-order valence-corrected chi connectivity index (χ2v) is 4.94. The van der Waals surface area contributed by atoms with E-state index in [0.717, 1.165) is 19.3 Å². The van der Waals surface area contributed by atoms with Crippen LogP contribution in [0.4, 0.5) is 0 Å². The third-order valence-corrected chi connectivity index (χ3v) is 3.24. The van der Waals surface area contributed by atoms with Crippen molar-refractivity contribution in [1.29, 1.82) is 0 Å². The lowest BCUT2D eigenvalue weighted by atomic mass is 10.0. The molecule has 0 aromatic rings. The molecule has 0 aromatic heterocycles. The van der Waals surface area contributed by atoms with Gasteiger partial charge in [0.15, 0.2) is 0 Å². The summed E-state index contributed by atoms with van der Waals surface area (Å²) in [6, 6.07) is 0.217. The van der Waals surface area contributed by atoms with Crippen LogP contribution in [0.25, 0.3) is 0 Å². The lowest BCUT2D eigenvalue weighted by Gasteiger charge is -2.23. The van der Waals surface area contributed by atoms with Crippen LogP contribution >= 0.6 is 0 Å². The minimum atomic E-state index is -0.184. The second-order valence-electron chi connectivity index (χ2n) is 4.94. The third-order valence-electron chi connectivity index (χ3n) is 3.24. The Balaban J connectivity index is 2.12. The monoisotopic (exact) mass is 228 g/mol. The van der Waals surface area contributed by atoms with Gasteiger partial charge in [0.05, 0.1) is 6.61 Å². The number of nitrogens with one attached hydrogen (secondary N) is 1. The molecule has 1 aliphatic rings. The number of amides is 1. The maximum atomic E-state index is 11.4. The topological polar surface area (TPSA) is 64.3 Å². The van der Waals surface area contributed by atoms with Crippen LogP contribution in [0.3, 0.4) is 0 Å². The molecule has 4 nitrogen and oxygen atoms in total. The van der Waals surface area contributed by atoms with Crippen LogP contribution < -0.4 is 11.1 Å². The summed E-state index contributed by atoms with van der Waals surface area (Å²) in [5.74, 6) is -0.0454. The van der Waals surface area contributed by atoms with Crippen molar-refractivity contribution >= 4 is 5.91 Å². The first kappa shape index (κ1) is 13.5. The van der Waals surface area contributed by atoms with Crippen LogP contribution in [0, 0.1) is 0 Å². The Morgan fingerprint density at radius 2 is 2.12 bits per heavy atom. The first-order valence-corrected chi connectivity index (χ1v) is 6.22. The van der Waals surface area contributed by atoms with Crippen molar-refractivity contribution in [2.24, 2.45) is 5.73 Å². The highest BCUT2D eigenvalue weighted by Crippen LogP contribution is 2.27. The average molecular weight is 228 g/mol. The molecule has 1 atom stereocenters. The molecule has 0 aromatic carbocycles. The molecule has 0 radical (unpaired) electrons. The fraction of sp³-hybridized carbons (Fsp3) is 0.917. The van der Waals surface area contributed by atoms with Gasteiger partial charge in [-0.1, -0.05) is 19.8 Å². The predicted molar refractivity (Wildman–Crippen MR) is 64.1 cm³/mol. The van der Waals surface area contributed by atoms with E-state index in [2.05, 4.69) is 5.32 Å². The summed E-state index contributed by atoms with van der Waals surface area (Å²) in [4.78, 5) is 11.4. The van der Waals surface area contributed by atoms with Crippen molar-refractivity contribution in [3.63, 3.8) is 0 Å². The molecule has 0 heterocycles. The fourth-order valence-electron chi connectivity index (χ4n) is 1.99. The highest BCUT2D eigenvalue weighted by Gasteiger charge is 2.29. The number of hydrogen-bond acceptors (Lipinski definition) is 3. The Kier molecular flexibility index (Phi) is 5.22. The van der Waals surface area contributed by atoms with Gasteiger partial charge in [-0.25, -0.2) is 0 Å². The highest BCUT2D eigenvalue weighted by atomic mass is 16.5. The largest absolute Gasteiger partial charge is 0.370 e. The van der Waals surface area contributed by atoms with Crippen molar-refractivity contribution in [3.8, 4) is 0 Å². The highest BCUT2D eigenvalue weighted by molar-refractivity contribution is 5.77. The molecule has 1 fully saturated rings. The van der Waals surface area contributed by atoms with Gasteiger partial charge >= 0.3 is 0 Å². The van der Waals surface area contributed by atoms with Crippen LogP contribution in [-0.2, 0) is 9.53 Å². The third kappa shape index (κ3) is 4.49. The average Bonchev–Trinajstić information content (AvgIpc) is 2.65. The van der Waals surface area contributed by atoms with E-state index < -0.39 is 0 Å². The summed E-state index contributed by atoms with van der Waals surface area (Å²) in [6.45, 7) is 4.66. The Labute approximate surface area is 97.9 Å². The minimum absolute atomic E-state index is 0.0454. The van der Waals surface area contributed by atoms with Crippen LogP contribution in [0.5, 0.6) is 0 Å². The zero-order chi connectivity index (χ0) is 12.0. The molecule has 4 heteroatoms. The molecular weight excluding hydrogens is 204 g/mol. The number of rotatable bonds is 6. The number of ether oxygens (including phenoxy) is 1. The normalized spacial score (nSPS) is 20.7. The van der Waals surface area contributed by atoms with E-state index in [0.29, 0.717) is 6.61 Å². The molecule has 1 aliphatic carbocycles. The zero-order valence-corrected chi connectivity index (χ0v) is 10.4. The lowest BCUT2D eigenvalue weighted by Crippen LogP contribution is -2.43. The van der Waals surface area contributed by atoms with Crippen molar-refractivity contribution in [2.45, 2.75) is 57.5 Å². The molecule has 0 aliphatic heterocycles. The Bertz CT molecular complexity index is 225. The lowest BCUT2D eigenvalue weighted by molar-refractivity contribution is -0.126.